The molecule has 0 amide bonds. The van der Waals surface area contributed by atoms with E-state index < -0.39 is 0 Å². The van der Waals surface area contributed by atoms with E-state index in [0.717, 1.165) is 61.2 Å². The number of nitrogens with zero attached hydrogens (tertiary/aromatic N) is 2. The van der Waals surface area contributed by atoms with Gasteiger partial charge in [-0.25, -0.2) is 0 Å². The number of hydrogen-bond acceptors (Lipinski definition) is 4. The van der Waals surface area contributed by atoms with Crippen LogP contribution in [0.4, 0.5) is 0 Å². The van der Waals surface area contributed by atoms with Gasteiger partial charge in [-0.15, -0.1) is 0 Å². The molecule has 0 unspecified atom stereocenters. The number of β-amino-alcohol motifs (C(OH)–C–C–N with tert-alkyl or cyclic N) is 1. The van der Waals surface area contributed by atoms with Gasteiger partial charge in [-0.1, -0.05) is 11.6 Å². The molecule has 0 saturated carbocycles. The Hall–Kier alpha value is -0.810. The quantitative estimate of drug-likeness (QED) is 0.871. The molecule has 0 spiro atoms. The Morgan fingerprint density at radius 2 is 1.67 bits per heavy atom. The average Bonchev–Trinajstić information content (AvgIpc) is 2.49. The Bertz CT molecular complexity index is 460. The van der Waals surface area contributed by atoms with Crippen LogP contribution in [0.2, 0.25) is 5.02 Å². The lowest BCUT2D eigenvalue weighted by molar-refractivity contribution is 0.101. The predicted octanol–water partition coefficient (Wildman–Crippen LogP) is 1.95. The van der Waals surface area contributed by atoms with Gasteiger partial charge in [0.25, 0.3) is 0 Å². The van der Waals surface area contributed by atoms with Crippen molar-refractivity contribution in [2.45, 2.75) is 13.8 Å². The van der Waals surface area contributed by atoms with E-state index in [-0.39, 0.29) is 6.61 Å². The highest BCUT2D eigenvalue weighted by molar-refractivity contribution is 6.31. The minimum atomic E-state index is 0.248. The second-order valence-corrected chi connectivity index (χ2v) is 5.96. The number of rotatable bonds is 6. The standard InChI is InChI=1S/C16H25ClN2O2/c1-13-14(2)16(4-3-15(13)17)21-12-10-19-7-5-18(6-8-19)9-11-20/h3-4,20H,5-12H2,1-2H3. The maximum Gasteiger partial charge on any atom is 0.122 e. The molecule has 0 aromatic heterocycles. The first-order valence-electron chi connectivity index (χ1n) is 7.56. The van der Waals surface area contributed by atoms with Crippen LogP contribution in [-0.4, -0.2) is 67.4 Å². The monoisotopic (exact) mass is 312 g/mol. The number of halogens is 1. The van der Waals surface area contributed by atoms with E-state index >= 15 is 0 Å². The van der Waals surface area contributed by atoms with Crippen molar-refractivity contribution >= 4 is 11.6 Å². The number of aliphatic hydroxyl groups excluding tert-OH is 1. The summed E-state index contributed by atoms with van der Waals surface area (Å²) in [5.74, 6) is 0.927. The number of aliphatic hydroxyl groups is 1. The Morgan fingerprint density at radius 3 is 2.29 bits per heavy atom. The van der Waals surface area contributed by atoms with E-state index in [1.807, 2.05) is 26.0 Å². The van der Waals surface area contributed by atoms with Crippen molar-refractivity contribution in [3.8, 4) is 5.75 Å². The first-order valence-corrected chi connectivity index (χ1v) is 7.93. The lowest BCUT2D eigenvalue weighted by atomic mass is 10.1. The molecule has 1 aliphatic heterocycles. The van der Waals surface area contributed by atoms with Crippen LogP contribution in [0.3, 0.4) is 0 Å². The Labute approximate surface area is 132 Å². The SMILES string of the molecule is Cc1c(Cl)ccc(OCCN2CCN(CCO)CC2)c1C. The lowest BCUT2D eigenvalue weighted by Gasteiger charge is -2.34. The highest BCUT2D eigenvalue weighted by Gasteiger charge is 2.16. The Morgan fingerprint density at radius 1 is 1.05 bits per heavy atom. The second-order valence-electron chi connectivity index (χ2n) is 5.55. The summed E-state index contributed by atoms with van der Waals surface area (Å²) >= 11 is 6.09. The smallest absolute Gasteiger partial charge is 0.122 e. The molecular formula is C16H25ClN2O2. The molecule has 118 valence electrons. The Balaban J connectivity index is 1.74. The predicted molar refractivity (Wildman–Crippen MR) is 86.4 cm³/mol. The first-order chi connectivity index (χ1) is 10.1. The van der Waals surface area contributed by atoms with Gasteiger partial charge in [-0.05, 0) is 37.1 Å². The summed E-state index contributed by atoms with van der Waals surface area (Å²) in [7, 11) is 0. The van der Waals surface area contributed by atoms with E-state index in [4.69, 9.17) is 21.4 Å². The van der Waals surface area contributed by atoms with Crippen molar-refractivity contribution in [1.29, 1.82) is 0 Å². The van der Waals surface area contributed by atoms with Gasteiger partial charge < -0.3 is 9.84 Å². The summed E-state index contributed by atoms with van der Waals surface area (Å²) in [4.78, 5) is 4.70. The van der Waals surface area contributed by atoms with Crippen molar-refractivity contribution in [1.82, 2.24) is 9.80 Å². The third kappa shape index (κ3) is 4.58. The van der Waals surface area contributed by atoms with Crippen LogP contribution < -0.4 is 4.74 Å². The number of ether oxygens (including phenoxy) is 1. The van der Waals surface area contributed by atoms with E-state index in [1.165, 1.54) is 0 Å². The van der Waals surface area contributed by atoms with Crippen LogP contribution in [0.1, 0.15) is 11.1 Å². The highest BCUT2D eigenvalue weighted by Crippen LogP contribution is 2.27. The molecule has 0 radical (unpaired) electrons. The number of piperazine rings is 1. The molecule has 1 aromatic rings. The average molecular weight is 313 g/mol. The fraction of sp³-hybridized carbons (Fsp3) is 0.625. The molecule has 4 nitrogen and oxygen atoms in total. The summed E-state index contributed by atoms with van der Waals surface area (Å²) in [6.45, 7) is 10.9. The third-order valence-corrected chi connectivity index (χ3v) is 4.63. The number of benzene rings is 1. The zero-order valence-corrected chi connectivity index (χ0v) is 13.7. The van der Waals surface area contributed by atoms with Crippen LogP contribution in [0.5, 0.6) is 5.75 Å². The van der Waals surface area contributed by atoms with Crippen molar-refractivity contribution in [3.63, 3.8) is 0 Å². The molecule has 1 aromatic carbocycles. The molecule has 1 saturated heterocycles. The molecule has 21 heavy (non-hydrogen) atoms. The third-order valence-electron chi connectivity index (χ3n) is 4.22. The van der Waals surface area contributed by atoms with E-state index in [9.17, 15) is 0 Å². The topological polar surface area (TPSA) is 35.9 Å². The summed E-state index contributed by atoms with van der Waals surface area (Å²) in [5, 5.41) is 9.73. The molecule has 1 heterocycles. The van der Waals surface area contributed by atoms with Crippen molar-refractivity contribution in [2.24, 2.45) is 0 Å². The summed E-state index contributed by atoms with van der Waals surface area (Å²) in [6.07, 6.45) is 0. The molecule has 0 aliphatic carbocycles. The largest absolute Gasteiger partial charge is 0.492 e. The van der Waals surface area contributed by atoms with E-state index in [1.54, 1.807) is 0 Å². The van der Waals surface area contributed by atoms with Crippen LogP contribution in [-0.2, 0) is 0 Å². The Kier molecular flexibility index (Phi) is 6.30. The van der Waals surface area contributed by atoms with E-state index in [0.29, 0.717) is 6.61 Å². The summed E-state index contributed by atoms with van der Waals surface area (Å²) < 4.78 is 5.90. The van der Waals surface area contributed by atoms with Gasteiger partial charge in [0.2, 0.25) is 0 Å². The fourth-order valence-electron chi connectivity index (χ4n) is 2.58. The van der Waals surface area contributed by atoms with Crippen molar-refractivity contribution < 1.29 is 9.84 Å². The minimum Gasteiger partial charge on any atom is -0.492 e. The van der Waals surface area contributed by atoms with E-state index in [2.05, 4.69) is 9.80 Å². The minimum absolute atomic E-state index is 0.248. The lowest BCUT2D eigenvalue weighted by Crippen LogP contribution is -2.48. The zero-order chi connectivity index (χ0) is 15.2. The van der Waals surface area contributed by atoms with Gasteiger partial charge in [0.05, 0.1) is 6.61 Å². The fourth-order valence-corrected chi connectivity index (χ4v) is 2.79. The second kappa shape index (κ2) is 7.99. The molecule has 1 N–H and O–H groups in total. The van der Waals surface area contributed by atoms with Crippen molar-refractivity contribution in [2.75, 3.05) is 52.5 Å². The summed E-state index contributed by atoms with van der Waals surface area (Å²) in [6, 6.07) is 3.84. The maximum atomic E-state index is 8.94. The maximum absolute atomic E-state index is 8.94. The van der Waals surface area contributed by atoms with Gasteiger partial charge in [-0.2, -0.15) is 0 Å². The van der Waals surface area contributed by atoms with Gasteiger partial charge in [0.1, 0.15) is 12.4 Å². The summed E-state index contributed by atoms with van der Waals surface area (Å²) in [5.41, 5.74) is 2.21. The normalized spacial score (nSPS) is 17.1. The molecule has 1 fully saturated rings. The molecule has 5 heteroatoms. The van der Waals surface area contributed by atoms with Crippen molar-refractivity contribution in [3.05, 3.63) is 28.3 Å². The molecule has 0 atom stereocenters. The van der Waals surface area contributed by atoms with Gasteiger partial charge in [0, 0.05) is 44.3 Å². The van der Waals surface area contributed by atoms with Gasteiger partial charge in [-0.3, -0.25) is 9.80 Å². The first kappa shape index (κ1) is 16.6. The molecule has 2 rings (SSSR count). The molecular weight excluding hydrogens is 288 g/mol. The van der Waals surface area contributed by atoms with Gasteiger partial charge >= 0.3 is 0 Å². The zero-order valence-electron chi connectivity index (χ0n) is 12.9. The highest BCUT2D eigenvalue weighted by atomic mass is 35.5. The van der Waals surface area contributed by atoms with Crippen LogP contribution >= 0.6 is 11.6 Å². The van der Waals surface area contributed by atoms with Crippen LogP contribution in [0.15, 0.2) is 12.1 Å². The van der Waals surface area contributed by atoms with Crippen LogP contribution in [0, 0.1) is 13.8 Å². The molecule has 1 aliphatic rings. The van der Waals surface area contributed by atoms with Gasteiger partial charge in [0.15, 0.2) is 0 Å². The van der Waals surface area contributed by atoms with Crippen LogP contribution in [0.25, 0.3) is 0 Å². The molecule has 0 bridgehead atoms. The number of hydrogen-bond donors (Lipinski definition) is 1.